The minimum Gasteiger partial charge on any atom is -0.345 e. The maximum atomic E-state index is 4.53. The summed E-state index contributed by atoms with van der Waals surface area (Å²) in [6, 6.07) is 0. The predicted molar refractivity (Wildman–Crippen MR) is 32.6 cm³/mol. The van der Waals surface area contributed by atoms with Crippen LogP contribution in [0.3, 0.4) is 0 Å². The molecule has 0 bridgehead atoms. The fourth-order valence-electron chi connectivity index (χ4n) is 0.565. The lowest BCUT2D eigenvalue weighted by molar-refractivity contribution is 0.392. The van der Waals surface area contributed by atoms with Crippen LogP contribution in [-0.2, 0) is 6.42 Å². The van der Waals surface area contributed by atoms with E-state index in [4.69, 9.17) is 0 Å². The molecule has 3 nitrogen and oxygen atoms in total. The van der Waals surface area contributed by atoms with Crippen molar-refractivity contribution in [3.8, 4) is 0 Å². The van der Waals surface area contributed by atoms with Crippen LogP contribution in [0.4, 0.5) is 0 Å². The molecule has 0 aliphatic heterocycles. The van der Waals surface area contributed by atoms with Crippen LogP contribution in [0.2, 0.25) is 0 Å². The smallest absolute Gasteiger partial charge is 0.147 e. The molecule has 0 aliphatic rings. The first-order chi connectivity index (χ1) is 4.43. The third-order valence-electron chi connectivity index (χ3n) is 1.05. The number of unbranched alkanes of at least 4 members (excludes halogenated alkanes) is 1. The summed E-state index contributed by atoms with van der Waals surface area (Å²) in [5.41, 5.74) is 0.900. The number of nitrogens with zero attached hydrogens (tertiary/aromatic N) is 2. The second-order valence-electron chi connectivity index (χ2n) is 1.80. The Bertz CT molecular complexity index is 148. The van der Waals surface area contributed by atoms with Gasteiger partial charge >= 0.3 is 0 Å². The highest BCUT2D eigenvalue weighted by molar-refractivity contribution is 4.92. The monoisotopic (exact) mass is 125 g/mol. The van der Waals surface area contributed by atoms with Gasteiger partial charge in [0.1, 0.15) is 12.0 Å². The van der Waals surface area contributed by atoms with Crippen molar-refractivity contribution in [1.29, 1.82) is 0 Å². The molecular weight excluding hydrogens is 116 g/mol. The third kappa shape index (κ3) is 1.83. The van der Waals surface area contributed by atoms with Crippen LogP contribution in [0, 0.1) is 6.42 Å². The first-order valence-corrected chi connectivity index (χ1v) is 3.01. The van der Waals surface area contributed by atoms with E-state index in [-0.39, 0.29) is 0 Å². The number of hydrogen-bond acceptors (Lipinski definition) is 3. The van der Waals surface area contributed by atoms with Gasteiger partial charge in [-0.2, -0.15) is 0 Å². The van der Waals surface area contributed by atoms with Crippen molar-refractivity contribution in [3.05, 3.63) is 18.4 Å². The van der Waals surface area contributed by atoms with Crippen molar-refractivity contribution in [2.24, 2.45) is 0 Å². The molecule has 0 unspecified atom stereocenters. The van der Waals surface area contributed by atoms with Crippen LogP contribution in [-0.4, -0.2) is 10.4 Å². The molecule has 0 atom stereocenters. The molecule has 1 aromatic rings. The number of hydrogen-bond donors (Lipinski definition) is 0. The molecule has 0 fully saturated rings. The molecule has 0 spiro atoms. The third-order valence-corrected chi connectivity index (χ3v) is 1.05. The van der Waals surface area contributed by atoms with Gasteiger partial charge in [0.15, 0.2) is 0 Å². The SMILES string of the molecule is CC[CH]Cc1conn1. The maximum absolute atomic E-state index is 4.53. The van der Waals surface area contributed by atoms with E-state index >= 15 is 0 Å². The van der Waals surface area contributed by atoms with Crippen molar-refractivity contribution in [1.82, 2.24) is 10.4 Å². The molecule has 49 valence electrons. The van der Waals surface area contributed by atoms with Crippen molar-refractivity contribution in [3.63, 3.8) is 0 Å². The number of rotatable bonds is 3. The summed E-state index contributed by atoms with van der Waals surface area (Å²) in [4.78, 5) is 0. The van der Waals surface area contributed by atoms with Gasteiger partial charge in [-0.3, -0.25) is 0 Å². The first kappa shape index (κ1) is 6.26. The highest BCUT2D eigenvalue weighted by Gasteiger charge is 1.94. The second-order valence-corrected chi connectivity index (χ2v) is 1.80. The summed E-state index contributed by atoms with van der Waals surface area (Å²) in [5, 5.41) is 7.04. The molecule has 0 saturated carbocycles. The van der Waals surface area contributed by atoms with E-state index in [2.05, 4.69) is 28.2 Å². The molecule has 0 aromatic carbocycles. The molecule has 0 saturated heterocycles. The zero-order valence-corrected chi connectivity index (χ0v) is 5.37. The summed E-state index contributed by atoms with van der Waals surface area (Å²) in [7, 11) is 0. The van der Waals surface area contributed by atoms with Crippen LogP contribution in [0.25, 0.3) is 0 Å². The van der Waals surface area contributed by atoms with Gasteiger partial charge in [0.25, 0.3) is 0 Å². The van der Waals surface area contributed by atoms with E-state index in [9.17, 15) is 0 Å². The quantitative estimate of drug-likeness (QED) is 0.609. The Morgan fingerprint density at radius 2 is 2.67 bits per heavy atom. The van der Waals surface area contributed by atoms with Gasteiger partial charge in [0.2, 0.25) is 0 Å². The Morgan fingerprint density at radius 1 is 1.78 bits per heavy atom. The molecular formula is C6H9N2O. The van der Waals surface area contributed by atoms with Gasteiger partial charge in [0, 0.05) is 5.27 Å². The predicted octanol–water partition coefficient (Wildman–Crippen LogP) is 1.23. The highest BCUT2D eigenvalue weighted by atomic mass is 16.5. The lowest BCUT2D eigenvalue weighted by Crippen LogP contribution is -1.84. The van der Waals surface area contributed by atoms with Crippen LogP contribution >= 0.6 is 0 Å². The van der Waals surface area contributed by atoms with E-state index < -0.39 is 0 Å². The van der Waals surface area contributed by atoms with Crippen LogP contribution < -0.4 is 0 Å². The molecule has 0 N–H and O–H groups in total. The Morgan fingerprint density at radius 3 is 3.22 bits per heavy atom. The summed E-state index contributed by atoms with van der Waals surface area (Å²) in [6.45, 7) is 2.09. The molecule has 1 heterocycles. The van der Waals surface area contributed by atoms with E-state index in [0.29, 0.717) is 0 Å². The average Bonchev–Trinajstić information content (AvgIpc) is 2.34. The Balaban J connectivity index is 2.30. The summed E-state index contributed by atoms with van der Waals surface area (Å²) < 4.78 is 4.53. The normalized spacial score (nSPS) is 9.89. The standard InChI is InChI=1S/C6H9N2O/c1-2-3-4-6-5-9-8-7-6/h3,5H,2,4H2,1H3. The van der Waals surface area contributed by atoms with Crippen LogP contribution in [0.5, 0.6) is 0 Å². The van der Waals surface area contributed by atoms with Gasteiger partial charge in [-0.05, 0) is 12.8 Å². The fourth-order valence-corrected chi connectivity index (χ4v) is 0.565. The second kappa shape index (κ2) is 3.22. The van der Waals surface area contributed by atoms with Crippen molar-refractivity contribution in [2.45, 2.75) is 19.8 Å². The summed E-state index contributed by atoms with van der Waals surface area (Å²) in [6.07, 6.45) is 5.61. The number of aromatic nitrogens is 2. The Labute approximate surface area is 54.0 Å². The van der Waals surface area contributed by atoms with E-state index in [1.807, 2.05) is 0 Å². The topological polar surface area (TPSA) is 38.9 Å². The lowest BCUT2D eigenvalue weighted by atomic mass is 10.2. The van der Waals surface area contributed by atoms with Gasteiger partial charge in [-0.15, -0.1) is 5.10 Å². The van der Waals surface area contributed by atoms with Gasteiger partial charge in [-0.25, -0.2) is 0 Å². The molecule has 0 amide bonds. The average molecular weight is 125 g/mol. The Kier molecular flexibility index (Phi) is 2.24. The minimum absolute atomic E-state index is 0.861. The van der Waals surface area contributed by atoms with Gasteiger partial charge < -0.3 is 4.52 Å². The molecule has 1 rings (SSSR count). The van der Waals surface area contributed by atoms with E-state index in [1.54, 1.807) is 6.26 Å². The van der Waals surface area contributed by atoms with Crippen molar-refractivity contribution >= 4 is 0 Å². The summed E-state index contributed by atoms with van der Waals surface area (Å²) >= 11 is 0. The van der Waals surface area contributed by atoms with E-state index in [1.165, 1.54) is 0 Å². The van der Waals surface area contributed by atoms with Crippen LogP contribution in [0.15, 0.2) is 10.8 Å². The van der Waals surface area contributed by atoms with Crippen molar-refractivity contribution < 1.29 is 4.52 Å². The largest absolute Gasteiger partial charge is 0.345 e. The molecule has 9 heavy (non-hydrogen) atoms. The van der Waals surface area contributed by atoms with Gasteiger partial charge in [0.05, 0.1) is 0 Å². The highest BCUT2D eigenvalue weighted by Crippen LogP contribution is 1.97. The first-order valence-electron chi connectivity index (χ1n) is 3.01. The lowest BCUT2D eigenvalue weighted by Gasteiger charge is -1.86. The molecule has 0 aliphatic carbocycles. The molecule has 3 heteroatoms. The van der Waals surface area contributed by atoms with E-state index in [0.717, 1.165) is 18.5 Å². The van der Waals surface area contributed by atoms with Crippen molar-refractivity contribution in [2.75, 3.05) is 0 Å². The zero-order valence-electron chi connectivity index (χ0n) is 5.37. The molecule has 1 radical (unpaired) electrons. The zero-order chi connectivity index (χ0) is 6.53. The minimum atomic E-state index is 0.861. The fraction of sp³-hybridized carbons (Fsp3) is 0.500. The van der Waals surface area contributed by atoms with Crippen LogP contribution in [0.1, 0.15) is 19.0 Å². The summed E-state index contributed by atoms with van der Waals surface area (Å²) in [5.74, 6) is 0. The Hall–Kier alpha value is -0.860. The van der Waals surface area contributed by atoms with Gasteiger partial charge in [-0.1, -0.05) is 13.3 Å². The maximum Gasteiger partial charge on any atom is 0.147 e. The molecule has 1 aromatic heterocycles.